The monoisotopic (exact) mass is 440 g/mol. The maximum absolute atomic E-state index is 14.6. The molecule has 1 amide bonds. The van der Waals surface area contributed by atoms with Gasteiger partial charge in [-0.25, -0.2) is 9.37 Å². The van der Waals surface area contributed by atoms with E-state index in [0.717, 1.165) is 23.9 Å². The molecular formula is C23H29FN6O2. The minimum Gasteiger partial charge on any atom is -0.497 e. The molecular weight excluding hydrogens is 411 g/mol. The Morgan fingerprint density at radius 3 is 2.81 bits per heavy atom. The fraction of sp³-hybridized carbons (Fsp3) is 0.348. The van der Waals surface area contributed by atoms with Crippen LogP contribution in [0.25, 0.3) is 0 Å². The number of carbonyl (C=O) groups is 1. The number of nitrogens with two attached hydrogens (primary N) is 2. The van der Waals surface area contributed by atoms with Crippen LogP contribution in [0.5, 0.6) is 0 Å². The van der Waals surface area contributed by atoms with Crippen molar-refractivity contribution in [2.45, 2.75) is 44.7 Å². The Morgan fingerprint density at radius 2 is 2.16 bits per heavy atom. The quantitative estimate of drug-likeness (QED) is 0.469. The van der Waals surface area contributed by atoms with Crippen molar-refractivity contribution in [3.63, 3.8) is 0 Å². The highest BCUT2D eigenvalue weighted by Crippen LogP contribution is 2.29. The number of rotatable bonds is 9. The SMILES string of the molecule is CC[C@@H](Nc1nc(Nc2ccnc(C3C=C(OC)C=CC3)c2)c(C(N)=O)cc1F)[C@H](C)N. The van der Waals surface area contributed by atoms with Gasteiger partial charge in [-0.3, -0.25) is 9.78 Å². The number of aromatic nitrogens is 2. The number of pyridine rings is 2. The second-order valence-electron chi connectivity index (χ2n) is 7.71. The fourth-order valence-corrected chi connectivity index (χ4v) is 3.51. The zero-order chi connectivity index (χ0) is 23.3. The summed E-state index contributed by atoms with van der Waals surface area (Å²) in [6.45, 7) is 3.77. The van der Waals surface area contributed by atoms with E-state index >= 15 is 0 Å². The van der Waals surface area contributed by atoms with Gasteiger partial charge in [0.1, 0.15) is 11.6 Å². The van der Waals surface area contributed by atoms with Crippen LogP contribution in [0.15, 0.2) is 48.4 Å². The number of nitrogens with zero attached hydrogens (tertiary/aromatic N) is 2. The molecule has 3 atom stereocenters. The number of hydrogen-bond acceptors (Lipinski definition) is 7. The summed E-state index contributed by atoms with van der Waals surface area (Å²) < 4.78 is 19.9. The van der Waals surface area contributed by atoms with E-state index in [1.54, 1.807) is 19.4 Å². The predicted octanol–water partition coefficient (Wildman–Crippen LogP) is 3.57. The van der Waals surface area contributed by atoms with Crippen molar-refractivity contribution < 1.29 is 13.9 Å². The summed E-state index contributed by atoms with van der Waals surface area (Å²) in [7, 11) is 1.62. The van der Waals surface area contributed by atoms with E-state index in [1.807, 2.05) is 38.1 Å². The predicted molar refractivity (Wildman–Crippen MR) is 123 cm³/mol. The molecule has 3 rings (SSSR count). The van der Waals surface area contributed by atoms with E-state index in [-0.39, 0.29) is 35.2 Å². The van der Waals surface area contributed by atoms with E-state index in [1.165, 1.54) is 0 Å². The minimum atomic E-state index is -0.788. The molecule has 32 heavy (non-hydrogen) atoms. The number of allylic oxidation sites excluding steroid dienone is 3. The Balaban J connectivity index is 1.92. The largest absolute Gasteiger partial charge is 0.497 e. The first kappa shape index (κ1) is 23.2. The van der Waals surface area contributed by atoms with Gasteiger partial charge in [-0.1, -0.05) is 13.0 Å². The maximum atomic E-state index is 14.6. The summed E-state index contributed by atoms with van der Waals surface area (Å²) in [5.74, 6) is -0.500. The number of halogens is 1. The molecule has 1 aliphatic carbocycles. The van der Waals surface area contributed by atoms with Crippen molar-refractivity contribution >= 4 is 23.2 Å². The van der Waals surface area contributed by atoms with Crippen molar-refractivity contribution in [3.05, 3.63) is 65.5 Å². The highest BCUT2D eigenvalue weighted by Gasteiger charge is 2.20. The van der Waals surface area contributed by atoms with Crippen LogP contribution in [0.2, 0.25) is 0 Å². The summed E-state index contributed by atoms with van der Waals surface area (Å²) in [6, 6.07) is 4.27. The Labute approximate surface area is 187 Å². The number of ether oxygens (including phenoxy) is 1. The first-order valence-corrected chi connectivity index (χ1v) is 10.5. The number of amides is 1. The zero-order valence-corrected chi connectivity index (χ0v) is 18.4. The van der Waals surface area contributed by atoms with Crippen molar-refractivity contribution in [3.8, 4) is 0 Å². The number of carbonyl (C=O) groups excluding carboxylic acids is 1. The lowest BCUT2D eigenvalue weighted by Crippen LogP contribution is -2.38. The van der Waals surface area contributed by atoms with Crippen molar-refractivity contribution in [1.29, 1.82) is 0 Å². The van der Waals surface area contributed by atoms with Gasteiger partial charge in [-0.2, -0.15) is 0 Å². The topological polar surface area (TPSA) is 128 Å². The molecule has 0 aliphatic heterocycles. The summed E-state index contributed by atoms with van der Waals surface area (Å²) in [4.78, 5) is 20.7. The van der Waals surface area contributed by atoms with Crippen molar-refractivity contribution in [2.75, 3.05) is 17.7 Å². The Kier molecular flexibility index (Phi) is 7.42. The lowest BCUT2D eigenvalue weighted by atomic mass is 9.95. The van der Waals surface area contributed by atoms with Gasteiger partial charge in [0.05, 0.1) is 12.7 Å². The van der Waals surface area contributed by atoms with Crippen LogP contribution >= 0.6 is 0 Å². The molecule has 6 N–H and O–H groups in total. The van der Waals surface area contributed by atoms with Gasteiger partial charge >= 0.3 is 0 Å². The average Bonchev–Trinajstić information content (AvgIpc) is 2.78. The second kappa shape index (κ2) is 10.2. The second-order valence-corrected chi connectivity index (χ2v) is 7.71. The highest BCUT2D eigenvalue weighted by molar-refractivity contribution is 5.98. The van der Waals surface area contributed by atoms with Crippen molar-refractivity contribution in [1.82, 2.24) is 9.97 Å². The number of methoxy groups -OCH3 is 1. The number of hydrogen-bond donors (Lipinski definition) is 4. The van der Waals surface area contributed by atoms with E-state index in [0.29, 0.717) is 12.1 Å². The lowest BCUT2D eigenvalue weighted by Gasteiger charge is -2.22. The molecule has 0 saturated carbocycles. The average molecular weight is 441 g/mol. The molecule has 0 aromatic carbocycles. The van der Waals surface area contributed by atoms with Crippen LogP contribution in [0.3, 0.4) is 0 Å². The molecule has 2 aromatic rings. The van der Waals surface area contributed by atoms with Gasteiger partial charge in [0.25, 0.3) is 5.91 Å². The molecule has 2 heterocycles. The van der Waals surface area contributed by atoms with Crippen molar-refractivity contribution in [2.24, 2.45) is 11.5 Å². The molecule has 1 aliphatic rings. The van der Waals surface area contributed by atoms with Gasteiger partial charge < -0.3 is 26.8 Å². The molecule has 170 valence electrons. The van der Waals surface area contributed by atoms with Gasteiger partial charge in [0.15, 0.2) is 11.6 Å². The van der Waals surface area contributed by atoms with Crippen LogP contribution in [0.4, 0.5) is 21.7 Å². The Morgan fingerprint density at radius 1 is 1.38 bits per heavy atom. The van der Waals surface area contributed by atoms with Crippen LogP contribution in [0, 0.1) is 5.82 Å². The third-order valence-corrected chi connectivity index (χ3v) is 5.34. The molecule has 1 unspecified atom stereocenters. The standard InChI is InChI=1S/C23H29FN6O2/c1-4-19(13(2)25)29-23-18(24)12-17(21(26)31)22(30-23)28-15-8-9-27-20(11-15)14-6-5-7-16(10-14)32-3/h5,7-14,19H,4,6,25H2,1-3H3,(H2,26,31)(H2,27,28,29,30)/t13-,14?,19+/m0/s1. The molecule has 0 spiro atoms. The van der Waals surface area contributed by atoms with Crippen LogP contribution < -0.4 is 22.1 Å². The third-order valence-electron chi connectivity index (χ3n) is 5.34. The van der Waals surface area contributed by atoms with Crippen LogP contribution in [-0.2, 0) is 4.74 Å². The third kappa shape index (κ3) is 5.42. The molecule has 0 bridgehead atoms. The zero-order valence-electron chi connectivity index (χ0n) is 18.4. The Hall–Kier alpha value is -3.46. The van der Waals surface area contributed by atoms with E-state index < -0.39 is 11.7 Å². The molecule has 2 aromatic heterocycles. The molecule has 0 saturated heterocycles. The highest BCUT2D eigenvalue weighted by atomic mass is 19.1. The van der Waals surface area contributed by atoms with E-state index in [2.05, 4.69) is 20.6 Å². The summed E-state index contributed by atoms with van der Waals surface area (Å²) in [5.41, 5.74) is 12.8. The summed E-state index contributed by atoms with van der Waals surface area (Å²) >= 11 is 0. The first-order valence-electron chi connectivity index (χ1n) is 10.5. The van der Waals surface area contributed by atoms with Crippen LogP contribution in [-0.4, -0.2) is 35.1 Å². The Bertz CT molecular complexity index is 1040. The lowest BCUT2D eigenvalue weighted by molar-refractivity contribution is 0.100. The molecule has 8 nitrogen and oxygen atoms in total. The van der Waals surface area contributed by atoms with Gasteiger partial charge in [-0.15, -0.1) is 0 Å². The molecule has 0 fully saturated rings. The van der Waals surface area contributed by atoms with E-state index in [9.17, 15) is 9.18 Å². The number of nitrogens with one attached hydrogen (secondary N) is 2. The minimum absolute atomic E-state index is 0.000942. The van der Waals surface area contributed by atoms with E-state index in [4.69, 9.17) is 16.2 Å². The fourth-order valence-electron chi connectivity index (χ4n) is 3.51. The first-order chi connectivity index (χ1) is 15.3. The number of anilines is 3. The van der Waals surface area contributed by atoms with Gasteiger partial charge in [-0.05, 0) is 50.1 Å². The van der Waals surface area contributed by atoms with Crippen LogP contribution in [0.1, 0.15) is 48.7 Å². The molecule has 9 heteroatoms. The maximum Gasteiger partial charge on any atom is 0.252 e. The normalized spacial score (nSPS) is 17.3. The number of primary amides is 1. The smallest absolute Gasteiger partial charge is 0.252 e. The molecule has 0 radical (unpaired) electrons. The summed E-state index contributed by atoms with van der Waals surface area (Å²) in [6.07, 6.45) is 9.07. The van der Waals surface area contributed by atoms with Gasteiger partial charge in [0, 0.05) is 35.6 Å². The van der Waals surface area contributed by atoms with Gasteiger partial charge in [0.2, 0.25) is 0 Å². The summed E-state index contributed by atoms with van der Waals surface area (Å²) in [5, 5.41) is 6.11.